The van der Waals surface area contributed by atoms with Crippen molar-refractivity contribution in [3.05, 3.63) is 36.5 Å². The minimum atomic E-state index is 0.0482. The molecule has 0 aliphatic rings. The summed E-state index contributed by atoms with van der Waals surface area (Å²) in [5.74, 6) is 0.209. The number of ether oxygens (including phenoxy) is 3. The van der Waals surface area contributed by atoms with Crippen LogP contribution < -0.4 is 0 Å². The molecular formula is C21H36O6. The molecule has 0 spiro atoms. The van der Waals surface area contributed by atoms with Crippen LogP contribution in [0.15, 0.2) is 36.5 Å². The van der Waals surface area contributed by atoms with E-state index in [0.29, 0.717) is 55.8 Å². The highest BCUT2D eigenvalue weighted by molar-refractivity contribution is 5.94. The van der Waals surface area contributed by atoms with Crippen molar-refractivity contribution < 1.29 is 28.6 Å². The van der Waals surface area contributed by atoms with Gasteiger partial charge in [0.25, 0.3) is 0 Å². The summed E-state index contributed by atoms with van der Waals surface area (Å²) in [5, 5.41) is 0. The summed E-state index contributed by atoms with van der Waals surface area (Å²) in [4.78, 5) is 31.9. The van der Waals surface area contributed by atoms with Gasteiger partial charge in [-0.2, -0.15) is 0 Å². The van der Waals surface area contributed by atoms with E-state index < -0.39 is 0 Å². The Morgan fingerprint density at radius 1 is 0.630 bits per heavy atom. The number of carbonyl (C=O) groups excluding carboxylic acids is 3. The summed E-state index contributed by atoms with van der Waals surface area (Å²) >= 11 is 0. The maximum Gasteiger partial charge on any atom is 0.160 e. The van der Waals surface area contributed by atoms with E-state index in [1.807, 2.05) is 0 Å². The fraction of sp³-hybridized carbons (Fsp3) is 0.571. The van der Waals surface area contributed by atoms with Crippen LogP contribution in [-0.2, 0) is 28.6 Å². The zero-order valence-corrected chi connectivity index (χ0v) is 17.8. The van der Waals surface area contributed by atoms with Gasteiger partial charge in [0.2, 0.25) is 0 Å². The third kappa shape index (κ3) is 24.1. The van der Waals surface area contributed by atoms with Gasteiger partial charge >= 0.3 is 0 Å². The summed E-state index contributed by atoms with van der Waals surface area (Å²) < 4.78 is 14.2. The van der Waals surface area contributed by atoms with Crippen LogP contribution in [0.5, 0.6) is 0 Å². The number of carbonyl (C=O) groups is 3. The van der Waals surface area contributed by atoms with E-state index in [1.165, 1.54) is 6.92 Å². The SMILES string of the molecule is C=C(C)C(=O)CCOC.C=C(C)C(=O)CCOC.C=C(CCOC)C(C)=O. The molecule has 0 aromatic rings. The van der Waals surface area contributed by atoms with Gasteiger partial charge in [0.15, 0.2) is 17.3 Å². The van der Waals surface area contributed by atoms with Gasteiger partial charge in [0.05, 0.1) is 19.8 Å². The van der Waals surface area contributed by atoms with Gasteiger partial charge in [-0.15, -0.1) is 0 Å². The molecule has 0 saturated heterocycles. The second-order valence-corrected chi connectivity index (χ2v) is 5.80. The van der Waals surface area contributed by atoms with Crippen molar-refractivity contribution in [2.45, 2.75) is 40.0 Å². The van der Waals surface area contributed by atoms with Crippen molar-refractivity contribution in [1.82, 2.24) is 0 Å². The molecule has 0 saturated carbocycles. The Hall–Kier alpha value is -1.89. The molecule has 0 aromatic carbocycles. The molecule has 0 aliphatic carbocycles. The van der Waals surface area contributed by atoms with Gasteiger partial charge in [-0.3, -0.25) is 14.4 Å². The average molecular weight is 385 g/mol. The first kappa shape index (κ1) is 29.9. The van der Waals surface area contributed by atoms with Crippen LogP contribution in [0.25, 0.3) is 0 Å². The summed E-state index contributed by atoms with van der Waals surface area (Å²) in [6, 6.07) is 0. The topological polar surface area (TPSA) is 78.9 Å². The molecule has 0 heterocycles. The highest BCUT2D eigenvalue weighted by Crippen LogP contribution is 1.97. The lowest BCUT2D eigenvalue weighted by Crippen LogP contribution is -2.02. The number of hydrogen-bond donors (Lipinski definition) is 0. The van der Waals surface area contributed by atoms with Crippen molar-refractivity contribution in [1.29, 1.82) is 0 Å². The second-order valence-electron chi connectivity index (χ2n) is 5.80. The minimum Gasteiger partial charge on any atom is -0.384 e. The van der Waals surface area contributed by atoms with Crippen molar-refractivity contribution in [3.63, 3.8) is 0 Å². The van der Waals surface area contributed by atoms with Crippen molar-refractivity contribution in [2.75, 3.05) is 41.2 Å². The number of Topliss-reactive ketones (excluding diaryl/α,β-unsaturated/α-hetero) is 3. The van der Waals surface area contributed by atoms with Crippen LogP contribution in [0.3, 0.4) is 0 Å². The summed E-state index contributed by atoms with van der Waals surface area (Å²) in [7, 11) is 4.75. The van der Waals surface area contributed by atoms with Gasteiger partial charge in [-0.05, 0) is 43.9 Å². The maximum absolute atomic E-state index is 10.7. The van der Waals surface area contributed by atoms with E-state index in [4.69, 9.17) is 14.2 Å². The quantitative estimate of drug-likeness (QED) is 0.479. The first-order valence-electron chi connectivity index (χ1n) is 8.57. The largest absolute Gasteiger partial charge is 0.384 e. The zero-order chi connectivity index (χ0) is 21.8. The van der Waals surface area contributed by atoms with E-state index in [9.17, 15) is 14.4 Å². The van der Waals surface area contributed by atoms with E-state index in [1.54, 1.807) is 35.2 Å². The fourth-order valence-corrected chi connectivity index (χ4v) is 1.22. The van der Waals surface area contributed by atoms with Crippen LogP contribution in [0.4, 0.5) is 0 Å². The molecule has 0 N–H and O–H groups in total. The van der Waals surface area contributed by atoms with Crippen molar-refractivity contribution in [2.24, 2.45) is 0 Å². The molecule has 6 nitrogen and oxygen atoms in total. The lowest BCUT2D eigenvalue weighted by Gasteiger charge is -1.97. The smallest absolute Gasteiger partial charge is 0.160 e. The number of ketones is 3. The standard InChI is InChI=1S/3C7H12O2/c1-6(7(2)8)4-5-9-3;2*1-6(2)7(8)4-5-9-3/h3*1,4-5H2,2-3H3. The van der Waals surface area contributed by atoms with E-state index in [2.05, 4.69) is 19.7 Å². The van der Waals surface area contributed by atoms with Crippen molar-refractivity contribution in [3.8, 4) is 0 Å². The second kappa shape index (κ2) is 20.4. The van der Waals surface area contributed by atoms with Gasteiger partial charge in [-0.25, -0.2) is 0 Å². The maximum atomic E-state index is 10.7. The Labute approximate surface area is 164 Å². The molecule has 0 amide bonds. The van der Waals surface area contributed by atoms with Crippen LogP contribution in [0, 0.1) is 0 Å². The third-order valence-corrected chi connectivity index (χ3v) is 3.12. The molecule has 0 aliphatic heterocycles. The molecule has 0 bridgehead atoms. The van der Waals surface area contributed by atoms with Gasteiger partial charge in [0, 0.05) is 34.2 Å². The van der Waals surface area contributed by atoms with Crippen LogP contribution in [0.2, 0.25) is 0 Å². The first-order chi connectivity index (χ1) is 12.5. The van der Waals surface area contributed by atoms with Gasteiger partial charge in [0.1, 0.15) is 0 Å². The molecule has 0 radical (unpaired) electrons. The Morgan fingerprint density at radius 2 is 0.926 bits per heavy atom. The normalized spacial score (nSPS) is 9.11. The molecule has 6 heteroatoms. The zero-order valence-electron chi connectivity index (χ0n) is 17.8. The Morgan fingerprint density at radius 3 is 1.15 bits per heavy atom. The Bertz CT molecular complexity index is 420. The summed E-state index contributed by atoms with van der Waals surface area (Å²) in [6.07, 6.45) is 1.55. The molecule has 0 unspecified atom stereocenters. The number of hydrogen-bond acceptors (Lipinski definition) is 6. The minimum absolute atomic E-state index is 0.0482. The summed E-state index contributed by atoms with van der Waals surface area (Å²) in [6.45, 7) is 17.1. The van der Waals surface area contributed by atoms with Gasteiger partial charge in [-0.1, -0.05) is 19.7 Å². The predicted octanol–water partition coefficient (Wildman–Crippen LogP) is 3.50. The van der Waals surface area contributed by atoms with Gasteiger partial charge < -0.3 is 14.2 Å². The monoisotopic (exact) mass is 384 g/mol. The number of rotatable bonds is 12. The summed E-state index contributed by atoms with van der Waals surface area (Å²) in [5.41, 5.74) is 1.84. The fourth-order valence-electron chi connectivity index (χ4n) is 1.22. The van der Waals surface area contributed by atoms with E-state index in [-0.39, 0.29) is 17.3 Å². The molecule has 156 valence electrons. The molecule has 0 fully saturated rings. The van der Waals surface area contributed by atoms with Crippen LogP contribution >= 0.6 is 0 Å². The molecule has 0 atom stereocenters. The first-order valence-corrected chi connectivity index (χ1v) is 8.57. The third-order valence-electron chi connectivity index (χ3n) is 3.12. The van der Waals surface area contributed by atoms with Crippen molar-refractivity contribution >= 4 is 17.3 Å². The number of methoxy groups -OCH3 is 3. The molecule has 27 heavy (non-hydrogen) atoms. The van der Waals surface area contributed by atoms with Crippen LogP contribution in [0.1, 0.15) is 40.0 Å². The number of allylic oxidation sites excluding steroid dienone is 2. The van der Waals surface area contributed by atoms with E-state index >= 15 is 0 Å². The highest BCUT2D eigenvalue weighted by atomic mass is 16.5. The lowest BCUT2D eigenvalue weighted by atomic mass is 10.1. The molecule has 0 rings (SSSR count). The Balaban J connectivity index is -0.000000320. The predicted molar refractivity (Wildman–Crippen MR) is 109 cm³/mol. The van der Waals surface area contributed by atoms with E-state index in [0.717, 1.165) is 0 Å². The Kier molecular flexibility index (Phi) is 22.6. The van der Waals surface area contributed by atoms with Crippen LogP contribution in [-0.4, -0.2) is 58.5 Å². The highest BCUT2D eigenvalue weighted by Gasteiger charge is 2.00. The average Bonchev–Trinajstić information content (AvgIpc) is 2.62. The molecular weight excluding hydrogens is 348 g/mol. The molecule has 0 aromatic heterocycles. The lowest BCUT2D eigenvalue weighted by molar-refractivity contribution is -0.117.